The summed E-state index contributed by atoms with van der Waals surface area (Å²) < 4.78 is 59.6. The molecule has 1 saturated carbocycles. The minimum absolute atomic E-state index is 0.0278. The van der Waals surface area contributed by atoms with Crippen LogP contribution in [0.4, 0.5) is 16.9 Å². The van der Waals surface area contributed by atoms with Crippen molar-refractivity contribution in [1.82, 2.24) is 0 Å². The predicted octanol–water partition coefficient (Wildman–Crippen LogP) is 8.97. The molecule has 0 heterocycles. The Morgan fingerprint density at radius 1 is 0.531 bits per heavy atom. The average Bonchev–Trinajstić information content (AvgIpc) is 2.74. The molecule has 8 heteroatoms. The van der Waals surface area contributed by atoms with Crippen LogP contribution in [-0.4, -0.2) is 19.5 Å². The van der Waals surface area contributed by atoms with Gasteiger partial charge in [-0.3, -0.25) is 0 Å². The van der Waals surface area contributed by atoms with Crippen molar-refractivity contribution in [3.8, 4) is 0 Å². The Hall–Kier alpha value is -1.59. The van der Waals surface area contributed by atoms with Gasteiger partial charge in [-0.05, 0) is 60.7 Å². The van der Waals surface area contributed by atoms with Crippen molar-refractivity contribution in [2.24, 2.45) is 0 Å². The van der Waals surface area contributed by atoms with E-state index in [4.69, 9.17) is 0 Å². The van der Waals surface area contributed by atoms with E-state index in [9.17, 15) is 16.9 Å². The molecule has 4 rings (SSSR count). The van der Waals surface area contributed by atoms with Gasteiger partial charge in [-0.1, -0.05) is 67.8 Å². The molecule has 1 aliphatic rings. The van der Waals surface area contributed by atoms with Gasteiger partial charge < -0.3 is 0 Å². The Morgan fingerprint density at radius 3 is 1.31 bits per heavy atom. The number of benzene rings is 3. The average molecular weight is 581 g/mol. The van der Waals surface area contributed by atoms with Crippen molar-refractivity contribution < 1.29 is 16.9 Å². The summed E-state index contributed by atoms with van der Waals surface area (Å²) in [5.41, 5.74) is 1.54. The van der Waals surface area contributed by atoms with Crippen LogP contribution < -0.4 is 0 Å². The molecule has 0 nitrogen and oxygen atoms in total. The van der Waals surface area contributed by atoms with E-state index in [0.29, 0.717) is 0 Å². The van der Waals surface area contributed by atoms with E-state index in [1.807, 2.05) is 0 Å². The first kappa shape index (κ1) is 25.0. The fraction of sp³-hybridized carbons (Fsp3) is 0.250. The van der Waals surface area contributed by atoms with Gasteiger partial charge in [0.15, 0.2) is 14.7 Å². The van der Waals surface area contributed by atoms with Crippen LogP contribution in [0.1, 0.15) is 43.6 Å². The van der Waals surface area contributed by atoms with Crippen molar-refractivity contribution in [3.05, 3.63) is 90.5 Å². The molecule has 0 atom stereocenters. The van der Waals surface area contributed by atoms with Gasteiger partial charge in [-0.15, -0.1) is 0 Å². The van der Waals surface area contributed by atoms with Crippen LogP contribution >= 0.6 is 0 Å². The summed E-state index contributed by atoms with van der Waals surface area (Å²) in [6.07, 6.45) is 6.93. The summed E-state index contributed by atoms with van der Waals surface area (Å²) in [5, 5.41) is 0. The van der Waals surface area contributed by atoms with E-state index in [-0.39, 0.29) is 10.9 Å². The molecule has 174 valence electrons. The van der Waals surface area contributed by atoms with Crippen molar-refractivity contribution >= 4 is 30.4 Å². The molecule has 0 N–H and O–H groups in total. The summed E-state index contributed by atoms with van der Waals surface area (Å²) in [6, 6.07) is 31.3. The first-order valence-corrected chi connectivity index (χ1v) is 17.4. The van der Waals surface area contributed by atoms with E-state index >= 15 is 0 Å². The third kappa shape index (κ3) is 9.11. The van der Waals surface area contributed by atoms with Crippen LogP contribution in [0, 0.1) is 0 Å². The third-order valence-corrected chi connectivity index (χ3v) is 7.38. The predicted molar refractivity (Wildman–Crippen MR) is 120 cm³/mol. The molecule has 0 aromatic heterocycles. The first-order valence-electron chi connectivity index (χ1n) is 10.4. The summed E-state index contributed by atoms with van der Waals surface area (Å²) in [6.45, 7) is 0. The summed E-state index contributed by atoms with van der Waals surface area (Å²) in [5.74, 6) is 0.776. The van der Waals surface area contributed by atoms with Crippen LogP contribution in [0.3, 0.4) is 0 Å². The van der Waals surface area contributed by atoms with Gasteiger partial charge in [0, 0.05) is 0 Å². The number of hydrogen-bond donors (Lipinski definition) is 0. The minimum atomic E-state index is -11.2. The molecule has 3 aromatic rings. The zero-order valence-corrected chi connectivity index (χ0v) is 20.7. The van der Waals surface area contributed by atoms with E-state index in [0.717, 1.165) is 5.92 Å². The Labute approximate surface area is 189 Å². The van der Waals surface area contributed by atoms with Gasteiger partial charge in [0.05, 0.1) is 10.9 Å². The second kappa shape index (κ2) is 9.34. The number of rotatable bonds is 4. The molecular weight excluding hydrogens is 556 g/mol. The maximum atomic E-state index is 9.93. The van der Waals surface area contributed by atoms with E-state index in [1.54, 1.807) is 0 Å². The summed E-state index contributed by atoms with van der Waals surface area (Å²) in [7, 11) is -0.0278. The fourth-order valence-corrected chi connectivity index (χ4v) is 5.92. The molecule has 0 saturated heterocycles. The number of hydrogen-bond acceptors (Lipinski definition) is 0. The van der Waals surface area contributed by atoms with Gasteiger partial charge in [0.2, 0.25) is 0 Å². The quantitative estimate of drug-likeness (QED) is 0.164. The standard InChI is InChI=1S/C24H25S.6FH.Sb/c1-4-10-20(11-5-1)21-16-18-24(19-17-21)25(22-12-6-2-7-13-22)23-14-8-3-9-15-23;;;;;;;/h2-3,6-9,12-20H,1,4-5,10-11H2;6*1H;/q+1;;;;;;;+5/p-6. The topological polar surface area (TPSA) is 0 Å². The van der Waals surface area contributed by atoms with Gasteiger partial charge >= 0.3 is 36.4 Å². The van der Waals surface area contributed by atoms with Crippen molar-refractivity contribution in [2.75, 3.05) is 0 Å². The normalized spacial score (nSPS) is 17.1. The van der Waals surface area contributed by atoms with Crippen LogP contribution in [0.5, 0.6) is 0 Å². The Balaban J connectivity index is 0.000000360. The summed E-state index contributed by atoms with van der Waals surface area (Å²) >= 11 is -11.2. The molecule has 32 heavy (non-hydrogen) atoms. The minimum Gasteiger partial charge on any atom is -0.0619 e. The van der Waals surface area contributed by atoms with Crippen LogP contribution in [-0.2, 0) is 10.9 Å². The van der Waals surface area contributed by atoms with Crippen molar-refractivity contribution in [2.45, 2.75) is 52.7 Å². The Morgan fingerprint density at radius 2 is 0.906 bits per heavy atom. The van der Waals surface area contributed by atoms with Crippen LogP contribution in [0.2, 0.25) is 0 Å². The van der Waals surface area contributed by atoms with Crippen molar-refractivity contribution in [3.63, 3.8) is 0 Å². The van der Waals surface area contributed by atoms with E-state index in [1.165, 1.54) is 52.4 Å². The second-order valence-electron chi connectivity index (χ2n) is 7.79. The molecule has 0 unspecified atom stereocenters. The first-order chi connectivity index (χ1) is 14.9. The molecule has 0 spiro atoms. The molecule has 0 amide bonds. The van der Waals surface area contributed by atoms with Crippen LogP contribution in [0.25, 0.3) is 0 Å². The molecule has 0 aliphatic heterocycles. The smallest absolute Gasteiger partial charge is 0.0619 e. The third-order valence-electron chi connectivity index (χ3n) is 5.15. The van der Waals surface area contributed by atoms with Gasteiger partial charge in [0.1, 0.15) is 0 Å². The molecule has 3 aromatic carbocycles. The molecule has 1 aliphatic carbocycles. The zero-order valence-electron chi connectivity index (χ0n) is 17.3. The molecule has 0 radical (unpaired) electrons. The zero-order chi connectivity index (χ0) is 23.3. The Kier molecular flexibility index (Phi) is 7.31. The number of halogens is 6. The van der Waals surface area contributed by atoms with Gasteiger partial charge in [-0.2, -0.15) is 0 Å². The van der Waals surface area contributed by atoms with Crippen molar-refractivity contribution in [1.29, 1.82) is 0 Å². The monoisotopic (exact) mass is 580 g/mol. The maximum absolute atomic E-state index is 11.2. The molecular formula is C24H25F6SSb. The van der Waals surface area contributed by atoms with E-state index < -0.39 is 19.5 Å². The van der Waals surface area contributed by atoms with Crippen LogP contribution in [0.15, 0.2) is 99.6 Å². The molecule has 0 bridgehead atoms. The largest absolute Gasteiger partial charge is 0.166 e. The summed E-state index contributed by atoms with van der Waals surface area (Å²) in [4.78, 5) is 4.19. The van der Waals surface area contributed by atoms with E-state index in [2.05, 4.69) is 84.9 Å². The SMILES string of the molecule is [F][Sb-]([F])([F])([F])([F])[F].c1ccc([S+](c2ccccc2)c2ccc(C3CCCCC3)cc2)cc1. The van der Waals surface area contributed by atoms with Gasteiger partial charge in [0.25, 0.3) is 0 Å². The van der Waals surface area contributed by atoms with Gasteiger partial charge in [-0.25, -0.2) is 0 Å². The maximum Gasteiger partial charge on any atom is 0.166 e. The molecule has 1 fully saturated rings. The fourth-order valence-electron chi connectivity index (χ4n) is 3.83. The second-order valence-corrected chi connectivity index (χ2v) is 15.3. The Bertz CT molecular complexity index is 933.